The molecule has 11 heteroatoms. The van der Waals surface area contributed by atoms with Crippen LogP contribution in [0.4, 0.5) is 27.5 Å². The average Bonchev–Trinajstić information content (AvgIpc) is 3.45. The van der Waals surface area contributed by atoms with Crippen LogP contribution in [0.2, 0.25) is 0 Å². The van der Waals surface area contributed by atoms with Gasteiger partial charge in [0.15, 0.2) is 5.82 Å². The van der Waals surface area contributed by atoms with Gasteiger partial charge in [-0.25, -0.2) is 9.37 Å². The molecule has 1 saturated heterocycles. The van der Waals surface area contributed by atoms with Crippen LogP contribution in [0.1, 0.15) is 55.8 Å². The molecule has 0 radical (unpaired) electrons. The molecule has 210 valence electrons. The van der Waals surface area contributed by atoms with Gasteiger partial charge < -0.3 is 30.1 Å². The summed E-state index contributed by atoms with van der Waals surface area (Å²) in [6, 6.07) is 5.47. The maximum Gasteiger partial charge on any atom is 0.266 e. The number of alkyl halides is 1. The minimum absolute atomic E-state index is 0.0608. The smallest absolute Gasteiger partial charge is 0.266 e. The van der Waals surface area contributed by atoms with Crippen LogP contribution < -0.4 is 25.2 Å². The number of carbonyl (C=O) groups is 2. The van der Waals surface area contributed by atoms with Crippen molar-refractivity contribution in [3.63, 3.8) is 0 Å². The Morgan fingerprint density at radius 3 is 2.56 bits per heavy atom. The molecule has 10 nitrogen and oxygen atoms in total. The number of hydrogen-bond donors (Lipinski definition) is 2. The average molecular weight is 540 g/mol. The largest absolute Gasteiger partial charge is 0.495 e. The van der Waals surface area contributed by atoms with Crippen molar-refractivity contribution in [1.29, 1.82) is 0 Å². The van der Waals surface area contributed by atoms with Crippen molar-refractivity contribution in [3.8, 4) is 5.75 Å². The molecule has 0 bridgehead atoms. The fourth-order valence-electron chi connectivity index (χ4n) is 5.79. The standard InChI is InChI=1S/C28H38FN7O3/c1-28(29)17-36(20-7-5-6-8-20)24-22(35(3)26(28)38)16-30-27(33-24)32-21-10-9-18(15-23(21)39-4)25(37)31-19-11-13-34(2)14-12-19/h9-10,15-16,19-20H,5-8,11-14,17H2,1-4H3,(H,31,37)(H,30,32,33). The predicted octanol–water partition coefficient (Wildman–Crippen LogP) is 3.51. The van der Waals surface area contributed by atoms with Gasteiger partial charge in [-0.3, -0.25) is 9.59 Å². The maximum absolute atomic E-state index is 15.5. The predicted molar refractivity (Wildman–Crippen MR) is 149 cm³/mol. The van der Waals surface area contributed by atoms with E-state index >= 15 is 4.39 Å². The number of nitrogens with one attached hydrogen (secondary N) is 2. The number of rotatable bonds is 6. The summed E-state index contributed by atoms with van der Waals surface area (Å²) in [7, 11) is 5.19. The van der Waals surface area contributed by atoms with Crippen molar-refractivity contribution in [1.82, 2.24) is 20.2 Å². The molecule has 2 fully saturated rings. The third-order valence-electron chi connectivity index (χ3n) is 8.13. The first-order valence-corrected chi connectivity index (χ1v) is 13.7. The number of methoxy groups -OCH3 is 1. The minimum atomic E-state index is -2.04. The van der Waals surface area contributed by atoms with E-state index in [0.29, 0.717) is 34.5 Å². The number of ether oxygens (including phenoxy) is 1. The maximum atomic E-state index is 15.5. The topological polar surface area (TPSA) is 103 Å². The molecule has 1 aliphatic carbocycles. The van der Waals surface area contributed by atoms with Gasteiger partial charge in [0, 0.05) is 24.7 Å². The van der Waals surface area contributed by atoms with E-state index in [-0.39, 0.29) is 24.5 Å². The number of halogens is 1. The van der Waals surface area contributed by atoms with Crippen LogP contribution in [0.25, 0.3) is 0 Å². The first-order chi connectivity index (χ1) is 18.7. The van der Waals surface area contributed by atoms with E-state index in [1.165, 1.54) is 11.8 Å². The van der Waals surface area contributed by atoms with Gasteiger partial charge in [-0.1, -0.05) is 12.8 Å². The lowest BCUT2D eigenvalue weighted by Gasteiger charge is -2.32. The summed E-state index contributed by atoms with van der Waals surface area (Å²) in [5.41, 5.74) is -0.464. The highest BCUT2D eigenvalue weighted by atomic mass is 19.1. The molecule has 0 spiro atoms. The van der Waals surface area contributed by atoms with Crippen molar-refractivity contribution in [2.75, 3.05) is 56.0 Å². The molecule has 5 rings (SSSR count). The van der Waals surface area contributed by atoms with Gasteiger partial charge in [0.05, 0.1) is 25.5 Å². The number of anilines is 4. The van der Waals surface area contributed by atoms with Gasteiger partial charge in [0.25, 0.3) is 11.8 Å². The third-order valence-corrected chi connectivity index (χ3v) is 8.13. The Bertz CT molecular complexity index is 1230. The molecular weight excluding hydrogens is 501 g/mol. The molecule has 2 aromatic rings. The number of likely N-dealkylation sites (tertiary alicyclic amines) is 1. The van der Waals surface area contributed by atoms with Gasteiger partial charge in [-0.05, 0) is 70.9 Å². The number of fused-ring (bicyclic) bond motifs is 1. The Kier molecular flexibility index (Phi) is 7.61. The van der Waals surface area contributed by atoms with Crippen LogP contribution in [-0.4, -0.2) is 85.3 Å². The highest BCUT2D eigenvalue weighted by Gasteiger charge is 2.45. The molecule has 2 N–H and O–H groups in total. The molecular formula is C28H38FN7O3. The lowest BCUT2D eigenvalue weighted by Crippen LogP contribution is -2.49. The molecule has 3 aliphatic rings. The summed E-state index contributed by atoms with van der Waals surface area (Å²) < 4.78 is 21.1. The number of amides is 2. The number of hydrogen-bond acceptors (Lipinski definition) is 8. The summed E-state index contributed by atoms with van der Waals surface area (Å²) in [5, 5.41) is 6.32. The number of benzene rings is 1. The molecule has 1 unspecified atom stereocenters. The number of carbonyl (C=O) groups excluding carboxylic acids is 2. The quantitative estimate of drug-likeness (QED) is 0.575. The second-order valence-electron chi connectivity index (χ2n) is 11.1. The van der Waals surface area contributed by atoms with Gasteiger partial charge in [0.2, 0.25) is 11.6 Å². The molecule has 2 aliphatic heterocycles. The van der Waals surface area contributed by atoms with E-state index in [2.05, 4.69) is 27.6 Å². The van der Waals surface area contributed by atoms with E-state index in [4.69, 9.17) is 9.72 Å². The summed E-state index contributed by atoms with van der Waals surface area (Å²) in [4.78, 5) is 40.5. The molecule has 3 heterocycles. The molecule has 2 amide bonds. The van der Waals surface area contributed by atoms with E-state index < -0.39 is 11.6 Å². The Morgan fingerprint density at radius 1 is 1.15 bits per heavy atom. The number of piperidine rings is 1. The number of nitrogens with zero attached hydrogens (tertiary/aromatic N) is 5. The molecule has 1 aromatic heterocycles. The van der Waals surface area contributed by atoms with Gasteiger partial charge in [-0.15, -0.1) is 0 Å². The molecule has 1 saturated carbocycles. The van der Waals surface area contributed by atoms with Crippen molar-refractivity contribution < 1.29 is 18.7 Å². The van der Waals surface area contributed by atoms with Crippen LogP contribution in [0.15, 0.2) is 24.4 Å². The first kappa shape index (κ1) is 27.1. The summed E-state index contributed by atoms with van der Waals surface area (Å²) in [6.07, 6.45) is 7.39. The Labute approximate surface area is 228 Å². The molecule has 39 heavy (non-hydrogen) atoms. The summed E-state index contributed by atoms with van der Waals surface area (Å²) in [6.45, 7) is 3.20. The minimum Gasteiger partial charge on any atom is -0.495 e. The second-order valence-corrected chi connectivity index (χ2v) is 11.1. The van der Waals surface area contributed by atoms with Gasteiger partial charge >= 0.3 is 0 Å². The zero-order valence-electron chi connectivity index (χ0n) is 23.2. The highest BCUT2D eigenvalue weighted by molar-refractivity contribution is 6.02. The van der Waals surface area contributed by atoms with Crippen LogP contribution >= 0.6 is 0 Å². The zero-order chi connectivity index (χ0) is 27.7. The van der Waals surface area contributed by atoms with Gasteiger partial charge in [-0.2, -0.15) is 4.98 Å². The van der Waals surface area contributed by atoms with Crippen LogP contribution in [0.3, 0.4) is 0 Å². The van der Waals surface area contributed by atoms with Crippen LogP contribution in [-0.2, 0) is 4.79 Å². The Morgan fingerprint density at radius 2 is 1.87 bits per heavy atom. The van der Waals surface area contributed by atoms with E-state index in [0.717, 1.165) is 51.6 Å². The van der Waals surface area contributed by atoms with Crippen molar-refractivity contribution in [2.24, 2.45) is 0 Å². The molecule has 1 aromatic carbocycles. The fraction of sp³-hybridized carbons (Fsp3) is 0.571. The monoisotopic (exact) mass is 539 g/mol. The van der Waals surface area contributed by atoms with E-state index in [1.54, 1.807) is 38.6 Å². The summed E-state index contributed by atoms with van der Waals surface area (Å²) in [5.74, 6) is 0.557. The SMILES string of the molecule is COc1cc(C(=O)NC2CCN(C)CC2)ccc1Nc1ncc2c(n1)N(C1CCCC1)CC(C)(F)C(=O)N2C. The zero-order valence-corrected chi connectivity index (χ0v) is 23.2. The van der Waals surface area contributed by atoms with Crippen LogP contribution in [0, 0.1) is 0 Å². The lowest BCUT2D eigenvalue weighted by molar-refractivity contribution is -0.128. The normalized spacial score (nSPS) is 22.9. The van der Waals surface area contributed by atoms with Crippen molar-refractivity contribution in [3.05, 3.63) is 30.0 Å². The Balaban J connectivity index is 1.39. The van der Waals surface area contributed by atoms with E-state index in [1.807, 2.05) is 4.90 Å². The first-order valence-electron chi connectivity index (χ1n) is 13.7. The lowest BCUT2D eigenvalue weighted by atomic mass is 10.0. The molecule has 1 atom stereocenters. The van der Waals surface area contributed by atoms with Crippen molar-refractivity contribution >= 4 is 35.0 Å². The van der Waals surface area contributed by atoms with Crippen LogP contribution in [0.5, 0.6) is 5.75 Å². The van der Waals surface area contributed by atoms with Gasteiger partial charge in [0.1, 0.15) is 11.4 Å². The third kappa shape index (κ3) is 5.63. The number of aromatic nitrogens is 2. The van der Waals surface area contributed by atoms with E-state index in [9.17, 15) is 9.59 Å². The highest BCUT2D eigenvalue weighted by Crippen LogP contribution is 2.39. The Hall–Kier alpha value is -3.47. The van der Waals surface area contributed by atoms with Crippen molar-refractivity contribution in [2.45, 2.75) is 63.2 Å². The summed E-state index contributed by atoms with van der Waals surface area (Å²) >= 11 is 0. The second kappa shape index (κ2) is 11.0. The fourth-order valence-corrected chi connectivity index (χ4v) is 5.79.